The molecule has 1 atom stereocenters. The summed E-state index contributed by atoms with van der Waals surface area (Å²) in [5, 5.41) is 3.91. The van der Waals surface area contributed by atoms with Crippen LogP contribution in [0.2, 0.25) is 0 Å². The van der Waals surface area contributed by atoms with E-state index in [9.17, 15) is 8.42 Å². The van der Waals surface area contributed by atoms with Gasteiger partial charge in [-0.25, -0.2) is 13.4 Å². The van der Waals surface area contributed by atoms with Gasteiger partial charge in [-0.2, -0.15) is 4.31 Å². The molecule has 1 aliphatic rings. The average Bonchev–Trinajstić information content (AvgIpc) is 3.15. The first-order chi connectivity index (χ1) is 14.3. The summed E-state index contributed by atoms with van der Waals surface area (Å²) >= 11 is 0. The highest BCUT2D eigenvalue weighted by atomic mass is 32.2. The molecular formula is C21H24N4O4S. The van der Waals surface area contributed by atoms with E-state index in [1.54, 1.807) is 24.4 Å². The average molecular weight is 429 g/mol. The zero-order valence-electron chi connectivity index (χ0n) is 17.1. The Kier molecular flexibility index (Phi) is 5.35. The van der Waals surface area contributed by atoms with Crippen molar-refractivity contribution in [2.45, 2.75) is 31.7 Å². The van der Waals surface area contributed by atoms with Crippen molar-refractivity contribution >= 4 is 15.8 Å². The van der Waals surface area contributed by atoms with Crippen molar-refractivity contribution in [3.05, 3.63) is 47.8 Å². The Hall–Kier alpha value is -2.75. The molecule has 30 heavy (non-hydrogen) atoms. The van der Waals surface area contributed by atoms with Gasteiger partial charge >= 0.3 is 0 Å². The Morgan fingerprint density at radius 3 is 2.67 bits per heavy atom. The van der Waals surface area contributed by atoms with E-state index < -0.39 is 10.0 Å². The second kappa shape index (κ2) is 7.82. The van der Waals surface area contributed by atoms with Gasteiger partial charge < -0.3 is 15.0 Å². The zero-order valence-corrected chi connectivity index (χ0v) is 17.9. The highest BCUT2D eigenvalue weighted by Gasteiger charge is 2.31. The van der Waals surface area contributed by atoms with Gasteiger partial charge in [0, 0.05) is 30.4 Å². The minimum absolute atomic E-state index is 0.215. The maximum atomic E-state index is 13.2. The third-order valence-corrected chi connectivity index (χ3v) is 7.25. The smallest absolute Gasteiger partial charge is 0.243 e. The van der Waals surface area contributed by atoms with Gasteiger partial charge in [-0.15, -0.1) is 0 Å². The van der Waals surface area contributed by atoms with Gasteiger partial charge in [0.05, 0.1) is 29.4 Å². The minimum Gasteiger partial charge on any atom is -0.383 e. The highest BCUT2D eigenvalue weighted by Crippen LogP contribution is 2.33. The number of morpholine rings is 1. The number of nitrogens with zero attached hydrogens (tertiary/aromatic N) is 3. The van der Waals surface area contributed by atoms with Crippen LogP contribution < -0.4 is 5.73 Å². The molecule has 1 unspecified atom stereocenters. The van der Waals surface area contributed by atoms with Gasteiger partial charge in [0.15, 0.2) is 5.76 Å². The number of aryl methyl sites for hydroxylation is 2. The molecule has 1 fully saturated rings. The number of hydrogen-bond donors (Lipinski definition) is 1. The highest BCUT2D eigenvalue weighted by molar-refractivity contribution is 7.89. The third-order valence-electron chi connectivity index (χ3n) is 5.25. The molecule has 0 amide bonds. The molecule has 9 heteroatoms. The van der Waals surface area contributed by atoms with E-state index in [-0.39, 0.29) is 10.9 Å². The number of rotatable bonds is 4. The SMILES string of the molecule is Cc1cc(-c2cc(-c3cc(S(=O)(=O)N4CCOCC4C)ccc3C)cnc2N)on1. The van der Waals surface area contributed by atoms with Gasteiger partial charge in [-0.05, 0) is 50.1 Å². The van der Waals surface area contributed by atoms with Crippen LogP contribution in [0.3, 0.4) is 0 Å². The molecule has 8 nitrogen and oxygen atoms in total. The molecule has 0 bridgehead atoms. The summed E-state index contributed by atoms with van der Waals surface area (Å²) in [6, 6.07) is 8.55. The molecular weight excluding hydrogens is 404 g/mol. The predicted molar refractivity (Wildman–Crippen MR) is 113 cm³/mol. The summed E-state index contributed by atoms with van der Waals surface area (Å²) < 4.78 is 38.7. The minimum atomic E-state index is -3.65. The Labute approximate surface area is 175 Å². The molecule has 2 aromatic heterocycles. The summed E-state index contributed by atoms with van der Waals surface area (Å²) in [5.41, 5.74) is 9.83. The zero-order chi connectivity index (χ0) is 21.5. The fourth-order valence-electron chi connectivity index (χ4n) is 3.59. The maximum absolute atomic E-state index is 13.2. The molecule has 0 saturated carbocycles. The van der Waals surface area contributed by atoms with Gasteiger partial charge in [0.2, 0.25) is 10.0 Å². The first-order valence-electron chi connectivity index (χ1n) is 9.67. The van der Waals surface area contributed by atoms with Gasteiger partial charge in [0.25, 0.3) is 0 Å². The van der Waals surface area contributed by atoms with E-state index in [0.717, 1.165) is 22.4 Å². The number of hydrogen-bond acceptors (Lipinski definition) is 7. The lowest BCUT2D eigenvalue weighted by Crippen LogP contribution is -2.46. The Morgan fingerprint density at radius 1 is 1.17 bits per heavy atom. The number of anilines is 1. The second-order valence-corrected chi connectivity index (χ2v) is 9.40. The summed E-state index contributed by atoms with van der Waals surface area (Å²) in [6.07, 6.45) is 1.64. The number of pyridine rings is 1. The van der Waals surface area contributed by atoms with Crippen LogP contribution in [-0.2, 0) is 14.8 Å². The van der Waals surface area contributed by atoms with Crippen LogP contribution in [0, 0.1) is 13.8 Å². The van der Waals surface area contributed by atoms with E-state index in [2.05, 4.69) is 10.1 Å². The van der Waals surface area contributed by atoms with Gasteiger partial charge in [-0.3, -0.25) is 0 Å². The molecule has 0 spiro atoms. The summed E-state index contributed by atoms with van der Waals surface area (Å²) in [5.74, 6) is 0.835. The molecule has 2 N–H and O–H groups in total. The van der Waals surface area contributed by atoms with E-state index in [0.29, 0.717) is 36.9 Å². The summed E-state index contributed by atoms with van der Waals surface area (Å²) in [7, 11) is -3.65. The number of ether oxygens (including phenoxy) is 1. The molecule has 1 aliphatic heterocycles. The molecule has 1 saturated heterocycles. The van der Waals surface area contributed by atoms with E-state index in [1.807, 2.05) is 32.9 Å². The number of nitrogen functional groups attached to an aromatic ring is 1. The van der Waals surface area contributed by atoms with Gasteiger partial charge in [0.1, 0.15) is 5.82 Å². The van der Waals surface area contributed by atoms with E-state index in [4.69, 9.17) is 15.0 Å². The van der Waals surface area contributed by atoms with Crippen molar-refractivity contribution < 1.29 is 17.7 Å². The van der Waals surface area contributed by atoms with Crippen LogP contribution in [-0.4, -0.2) is 48.7 Å². The number of benzene rings is 1. The first-order valence-corrected chi connectivity index (χ1v) is 11.1. The van der Waals surface area contributed by atoms with Crippen molar-refractivity contribution in [3.8, 4) is 22.5 Å². The summed E-state index contributed by atoms with van der Waals surface area (Å²) in [6.45, 7) is 6.72. The Balaban J connectivity index is 1.78. The monoisotopic (exact) mass is 428 g/mol. The topological polar surface area (TPSA) is 112 Å². The molecule has 1 aromatic carbocycles. The largest absolute Gasteiger partial charge is 0.383 e. The maximum Gasteiger partial charge on any atom is 0.243 e. The third kappa shape index (κ3) is 3.71. The normalized spacial score (nSPS) is 17.9. The van der Waals surface area contributed by atoms with Crippen LogP contribution in [0.1, 0.15) is 18.2 Å². The van der Waals surface area contributed by atoms with E-state index in [1.165, 1.54) is 4.31 Å². The number of sulfonamides is 1. The van der Waals surface area contributed by atoms with Gasteiger partial charge in [-0.1, -0.05) is 11.2 Å². The van der Waals surface area contributed by atoms with Crippen LogP contribution in [0.4, 0.5) is 5.82 Å². The van der Waals surface area contributed by atoms with Crippen molar-refractivity contribution in [1.82, 2.24) is 14.4 Å². The van der Waals surface area contributed by atoms with Crippen LogP contribution in [0.15, 0.2) is 45.9 Å². The quantitative estimate of drug-likeness (QED) is 0.680. The fourth-order valence-corrected chi connectivity index (χ4v) is 5.21. The van der Waals surface area contributed by atoms with E-state index >= 15 is 0 Å². The van der Waals surface area contributed by atoms with Crippen LogP contribution in [0.25, 0.3) is 22.5 Å². The lowest BCUT2D eigenvalue weighted by molar-refractivity contribution is 0.0393. The number of nitrogens with two attached hydrogens (primary N) is 1. The molecule has 3 aromatic rings. The Morgan fingerprint density at radius 2 is 1.97 bits per heavy atom. The second-order valence-electron chi connectivity index (χ2n) is 7.51. The lowest BCUT2D eigenvalue weighted by Gasteiger charge is -2.32. The molecule has 4 rings (SSSR count). The predicted octanol–water partition coefficient (Wildman–Crippen LogP) is 3.01. The van der Waals surface area contributed by atoms with Crippen LogP contribution >= 0.6 is 0 Å². The van der Waals surface area contributed by atoms with Crippen LogP contribution in [0.5, 0.6) is 0 Å². The molecule has 158 valence electrons. The fraction of sp³-hybridized carbons (Fsp3) is 0.333. The Bertz CT molecular complexity index is 1190. The molecule has 3 heterocycles. The first kappa shape index (κ1) is 20.5. The van der Waals surface area contributed by atoms with Crippen molar-refractivity contribution in [1.29, 1.82) is 0 Å². The van der Waals surface area contributed by atoms with Crippen molar-refractivity contribution in [2.24, 2.45) is 0 Å². The standard InChI is InChI=1S/C21H24N4O4S/c1-13-4-5-17(30(26,27)25-6-7-28-12-15(25)3)10-18(13)16-9-19(21(22)23-11-16)20-8-14(2)24-29-20/h4-5,8-11,15H,6-7,12H2,1-3H3,(H2,22,23). The van der Waals surface area contributed by atoms with Crippen molar-refractivity contribution in [3.63, 3.8) is 0 Å². The molecule has 0 aliphatic carbocycles. The molecule has 0 radical (unpaired) electrons. The summed E-state index contributed by atoms with van der Waals surface area (Å²) in [4.78, 5) is 4.53. The van der Waals surface area contributed by atoms with Crippen molar-refractivity contribution in [2.75, 3.05) is 25.5 Å². The lowest BCUT2D eigenvalue weighted by atomic mass is 10.00. The number of aromatic nitrogens is 2.